The summed E-state index contributed by atoms with van der Waals surface area (Å²) in [5, 5.41) is 1.27. The standard InChI is InChI=1S/C27H25ClN2O2S/c1-3-32-24-14-11-22(28)17-21(24)18-25-26(31)30(16-15-20-7-5-4-6-8-20)27(33-25)29-23-12-9-19(2)10-13-23/h4-14,17-18H,3,15-16H2,1-2H3/b25-18+,29-27?. The van der Waals surface area contributed by atoms with Crippen molar-refractivity contribution in [2.45, 2.75) is 20.3 Å². The number of carbonyl (C=O) groups excluding carboxylic acids is 1. The second kappa shape index (κ2) is 10.7. The van der Waals surface area contributed by atoms with Gasteiger partial charge in [0.05, 0.1) is 17.2 Å². The van der Waals surface area contributed by atoms with Gasteiger partial charge in [-0.2, -0.15) is 0 Å². The molecule has 0 unspecified atom stereocenters. The molecule has 0 bridgehead atoms. The molecule has 4 nitrogen and oxygen atoms in total. The molecule has 1 saturated heterocycles. The van der Waals surface area contributed by atoms with E-state index >= 15 is 0 Å². The summed E-state index contributed by atoms with van der Waals surface area (Å²) in [6.07, 6.45) is 2.59. The van der Waals surface area contributed by atoms with E-state index in [-0.39, 0.29) is 5.91 Å². The molecule has 1 heterocycles. The van der Waals surface area contributed by atoms with E-state index in [0.29, 0.717) is 34.0 Å². The molecule has 168 valence electrons. The largest absolute Gasteiger partial charge is 0.493 e. The summed E-state index contributed by atoms with van der Waals surface area (Å²) in [4.78, 5) is 20.6. The number of amides is 1. The van der Waals surface area contributed by atoms with Crippen LogP contribution in [-0.4, -0.2) is 29.1 Å². The lowest BCUT2D eigenvalue weighted by Gasteiger charge is -2.15. The average molecular weight is 477 g/mol. The van der Waals surface area contributed by atoms with Crippen molar-refractivity contribution in [2.75, 3.05) is 13.2 Å². The molecule has 0 N–H and O–H groups in total. The van der Waals surface area contributed by atoms with Gasteiger partial charge in [0.1, 0.15) is 5.75 Å². The van der Waals surface area contributed by atoms with Gasteiger partial charge < -0.3 is 4.74 Å². The van der Waals surface area contributed by atoms with Gasteiger partial charge in [-0.3, -0.25) is 9.69 Å². The van der Waals surface area contributed by atoms with Gasteiger partial charge in [0.2, 0.25) is 0 Å². The number of aliphatic imine (C=N–C) groups is 1. The summed E-state index contributed by atoms with van der Waals surface area (Å²) in [6, 6.07) is 23.6. The van der Waals surface area contributed by atoms with Crippen molar-refractivity contribution in [3.05, 3.63) is 99.4 Å². The van der Waals surface area contributed by atoms with Gasteiger partial charge in [0.25, 0.3) is 5.91 Å². The molecular formula is C27H25ClN2O2S. The first-order valence-corrected chi connectivity index (χ1v) is 12.1. The topological polar surface area (TPSA) is 41.9 Å². The van der Waals surface area contributed by atoms with E-state index in [1.807, 2.05) is 74.5 Å². The number of nitrogens with zero attached hydrogens (tertiary/aromatic N) is 2. The van der Waals surface area contributed by atoms with Crippen molar-refractivity contribution in [3.63, 3.8) is 0 Å². The van der Waals surface area contributed by atoms with Crippen LogP contribution in [0.3, 0.4) is 0 Å². The van der Waals surface area contributed by atoms with Crippen molar-refractivity contribution in [3.8, 4) is 5.75 Å². The summed E-state index contributed by atoms with van der Waals surface area (Å²) < 4.78 is 5.74. The van der Waals surface area contributed by atoms with Crippen LogP contribution in [-0.2, 0) is 11.2 Å². The predicted octanol–water partition coefficient (Wildman–Crippen LogP) is 6.89. The molecule has 0 aliphatic carbocycles. The molecule has 0 aromatic heterocycles. The highest BCUT2D eigenvalue weighted by Gasteiger charge is 2.33. The van der Waals surface area contributed by atoms with Crippen LogP contribution in [0.15, 0.2) is 82.7 Å². The average Bonchev–Trinajstić information content (AvgIpc) is 3.10. The molecule has 4 rings (SSSR count). The molecule has 0 radical (unpaired) electrons. The molecule has 6 heteroatoms. The summed E-state index contributed by atoms with van der Waals surface area (Å²) in [5.41, 5.74) is 3.94. The number of thioether (sulfide) groups is 1. The third-order valence-electron chi connectivity index (χ3n) is 5.17. The van der Waals surface area contributed by atoms with Crippen LogP contribution in [0, 0.1) is 6.92 Å². The zero-order valence-electron chi connectivity index (χ0n) is 18.6. The molecule has 0 saturated carbocycles. The highest BCUT2D eigenvalue weighted by atomic mass is 35.5. The number of carbonyl (C=O) groups is 1. The van der Waals surface area contributed by atoms with Crippen molar-refractivity contribution in [2.24, 2.45) is 4.99 Å². The van der Waals surface area contributed by atoms with Gasteiger partial charge in [-0.1, -0.05) is 59.6 Å². The van der Waals surface area contributed by atoms with Gasteiger partial charge in [-0.25, -0.2) is 4.99 Å². The molecule has 1 aliphatic rings. The van der Waals surface area contributed by atoms with Gasteiger partial charge in [0, 0.05) is 17.1 Å². The highest BCUT2D eigenvalue weighted by molar-refractivity contribution is 8.18. The lowest BCUT2D eigenvalue weighted by Crippen LogP contribution is -2.31. The first-order chi connectivity index (χ1) is 16.0. The fourth-order valence-corrected chi connectivity index (χ4v) is 4.66. The Bertz CT molecular complexity index is 1190. The molecule has 1 amide bonds. The Kier molecular flexibility index (Phi) is 7.53. The van der Waals surface area contributed by atoms with Crippen LogP contribution >= 0.6 is 23.4 Å². The number of aryl methyl sites for hydroxylation is 1. The van der Waals surface area contributed by atoms with Gasteiger partial charge in [-0.05, 0) is 74.0 Å². The monoisotopic (exact) mass is 476 g/mol. The number of hydrogen-bond donors (Lipinski definition) is 0. The van der Waals surface area contributed by atoms with E-state index in [1.54, 1.807) is 11.0 Å². The second-order valence-electron chi connectivity index (χ2n) is 7.65. The summed E-state index contributed by atoms with van der Waals surface area (Å²) >= 11 is 7.60. The van der Waals surface area contributed by atoms with Crippen molar-refractivity contribution in [1.82, 2.24) is 4.90 Å². The Morgan fingerprint density at radius 1 is 1.06 bits per heavy atom. The number of rotatable bonds is 7. The van der Waals surface area contributed by atoms with Crippen LogP contribution in [0.4, 0.5) is 5.69 Å². The fourth-order valence-electron chi connectivity index (χ4n) is 3.46. The second-order valence-corrected chi connectivity index (χ2v) is 9.09. The van der Waals surface area contributed by atoms with Crippen LogP contribution in [0.25, 0.3) is 6.08 Å². The van der Waals surface area contributed by atoms with E-state index in [1.165, 1.54) is 22.9 Å². The molecule has 1 aliphatic heterocycles. The number of halogens is 1. The summed E-state index contributed by atoms with van der Waals surface area (Å²) in [5.74, 6) is 0.631. The minimum absolute atomic E-state index is 0.0655. The maximum Gasteiger partial charge on any atom is 0.266 e. The third kappa shape index (κ3) is 5.86. The fraction of sp³-hybridized carbons (Fsp3) is 0.185. The Morgan fingerprint density at radius 3 is 2.55 bits per heavy atom. The normalized spacial score (nSPS) is 16.1. The predicted molar refractivity (Wildman–Crippen MR) is 138 cm³/mol. The van der Waals surface area contributed by atoms with E-state index in [9.17, 15) is 4.79 Å². The van der Waals surface area contributed by atoms with E-state index in [0.717, 1.165) is 17.7 Å². The zero-order valence-corrected chi connectivity index (χ0v) is 20.2. The minimum Gasteiger partial charge on any atom is -0.493 e. The number of hydrogen-bond acceptors (Lipinski definition) is 4. The molecular weight excluding hydrogens is 452 g/mol. The molecule has 3 aromatic rings. The van der Waals surface area contributed by atoms with Crippen molar-refractivity contribution < 1.29 is 9.53 Å². The molecule has 0 spiro atoms. The SMILES string of the molecule is CCOc1ccc(Cl)cc1/C=C1/SC(=Nc2ccc(C)cc2)N(CCc2ccccc2)C1=O. The highest BCUT2D eigenvalue weighted by Crippen LogP contribution is 2.36. The van der Waals surface area contributed by atoms with Gasteiger partial charge in [-0.15, -0.1) is 0 Å². The number of ether oxygens (including phenoxy) is 1. The molecule has 33 heavy (non-hydrogen) atoms. The first kappa shape index (κ1) is 23.1. The molecule has 0 atom stereocenters. The molecule has 3 aromatic carbocycles. The lowest BCUT2D eigenvalue weighted by molar-refractivity contribution is -0.122. The van der Waals surface area contributed by atoms with Gasteiger partial charge in [0.15, 0.2) is 5.17 Å². The Balaban J connectivity index is 1.67. The van der Waals surface area contributed by atoms with Crippen LogP contribution < -0.4 is 4.74 Å². The van der Waals surface area contributed by atoms with Gasteiger partial charge >= 0.3 is 0 Å². The maximum atomic E-state index is 13.4. The van der Waals surface area contributed by atoms with E-state index in [2.05, 4.69) is 12.1 Å². The Hall–Kier alpha value is -3.02. The quantitative estimate of drug-likeness (QED) is 0.348. The Morgan fingerprint density at radius 2 is 1.82 bits per heavy atom. The minimum atomic E-state index is -0.0655. The zero-order chi connectivity index (χ0) is 23.2. The van der Waals surface area contributed by atoms with E-state index < -0.39 is 0 Å². The number of benzene rings is 3. The maximum absolute atomic E-state index is 13.4. The van der Waals surface area contributed by atoms with Crippen LogP contribution in [0.2, 0.25) is 5.02 Å². The summed E-state index contributed by atoms with van der Waals surface area (Å²) in [6.45, 7) is 5.05. The lowest BCUT2D eigenvalue weighted by atomic mass is 10.1. The smallest absolute Gasteiger partial charge is 0.266 e. The van der Waals surface area contributed by atoms with Crippen molar-refractivity contribution >= 4 is 46.2 Å². The Labute approximate surface area is 203 Å². The van der Waals surface area contributed by atoms with Crippen LogP contribution in [0.5, 0.6) is 5.75 Å². The first-order valence-electron chi connectivity index (χ1n) is 10.9. The van der Waals surface area contributed by atoms with Crippen molar-refractivity contribution in [1.29, 1.82) is 0 Å². The van der Waals surface area contributed by atoms with E-state index in [4.69, 9.17) is 21.3 Å². The number of amidine groups is 1. The third-order valence-corrected chi connectivity index (χ3v) is 6.41. The molecule has 1 fully saturated rings. The summed E-state index contributed by atoms with van der Waals surface area (Å²) in [7, 11) is 0. The van der Waals surface area contributed by atoms with Crippen LogP contribution in [0.1, 0.15) is 23.6 Å².